The molecule has 18 heavy (non-hydrogen) atoms. The van der Waals surface area contributed by atoms with E-state index in [2.05, 4.69) is 24.1 Å². The Hall–Kier alpha value is -0.940. The van der Waals surface area contributed by atoms with Gasteiger partial charge in [0.25, 0.3) is 5.91 Å². The Kier molecular flexibility index (Phi) is 4.35. The van der Waals surface area contributed by atoms with Crippen molar-refractivity contribution in [1.29, 1.82) is 0 Å². The zero-order valence-electron chi connectivity index (χ0n) is 11.0. The molecule has 3 unspecified atom stereocenters. The predicted molar refractivity (Wildman–Crippen MR) is 73.7 cm³/mol. The maximum Gasteiger partial charge on any atom is 0.270 e. The molecule has 2 rings (SSSR count). The molecule has 3 N–H and O–H groups in total. The third-order valence-corrected chi connectivity index (χ3v) is 4.83. The van der Waals surface area contributed by atoms with E-state index < -0.39 is 0 Å². The third kappa shape index (κ3) is 2.90. The van der Waals surface area contributed by atoms with Gasteiger partial charge >= 0.3 is 0 Å². The highest BCUT2D eigenvalue weighted by Crippen LogP contribution is 2.31. The second-order valence-corrected chi connectivity index (χ2v) is 6.10. The molecule has 0 aliphatic heterocycles. The number of amides is 1. The van der Waals surface area contributed by atoms with Crippen LogP contribution in [0.1, 0.15) is 42.2 Å². The number of nitrogens with zero attached hydrogens (tertiary/aromatic N) is 1. The van der Waals surface area contributed by atoms with E-state index in [0.717, 1.165) is 17.8 Å². The maximum absolute atomic E-state index is 12.1. The molecule has 1 saturated carbocycles. The first kappa shape index (κ1) is 13.5. The van der Waals surface area contributed by atoms with Crippen molar-refractivity contribution in [2.24, 2.45) is 17.6 Å². The van der Waals surface area contributed by atoms with Crippen LogP contribution >= 0.6 is 11.3 Å². The molecule has 1 aromatic rings. The molecule has 1 heterocycles. The molecule has 0 saturated heterocycles. The molecule has 0 aromatic carbocycles. The number of nitrogens with two attached hydrogens (primary N) is 1. The fourth-order valence-corrected chi connectivity index (χ4v) is 3.26. The molecule has 5 heteroatoms. The van der Waals surface area contributed by atoms with Crippen molar-refractivity contribution in [3.63, 3.8) is 0 Å². The van der Waals surface area contributed by atoms with Crippen LogP contribution in [0.25, 0.3) is 0 Å². The first-order valence-corrected chi connectivity index (χ1v) is 7.45. The average Bonchev–Trinajstić information content (AvgIpc) is 2.92. The number of hydrogen-bond donors (Lipinski definition) is 2. The molecule has 0 radical (unpaired) electrons. The summed E-state index contributed by atoms with van der Waals surface area (Å²) in [6, 6.07) is 0.298. The minimum absolute atomic E-state index is 0.0412. The van der Waals surface area contributed by atoms with Crippen LogP contribution in [0.2, 0.25) is 0 Å². The van der Waals surface area contributed by atoms with Gasteiger partial charge in [-0.25, -0.2) is 4.98 Å². The highest BCUT2D eigenvalue weighted by molar-refractivity contribution is 7.09. The predicted octanol–water partition coefficient (Wildman–Crippen LogP) is 1.81. The normalized spacial score (nSPS) is 27.4. The standard InChI is InChI=1S/C13H21N3OS/c1-8-3-4-10(9(8)2)16-13(17)11-7-18-12(15-11)5-6-14/h7-10H,3-6,14H2,1-2H3,(H,16,17). The highest BCUT2D eigenvalue weighted by Gasteiger charge is 2.31. The van der Waals surface area contributed by atoms with E-state index in [9.17, 15) is 4.79 Å². The largest absolute Gasteiger partial charge is 0.348 e. The Bertz CT molecular complexity index is 418. The van der Waals surface area contributed by atoms with Crippen LogP contribution < -0.4 is 11.1 Å². The number of nitrogens with one attached hydrogen (secondary N) is 1. The van der Waals surface area contributed by atoms with Crippen molar-refractivity contribution in [3.05, 3.63) is 16.1 Å². The lowest BCUT2D eigenvalue weighted by Gasteiger charge is -2.18. The lowest BCUT2D eigenvalue weighted by atomic mass is 9.98. The number of thiazole rings is 1. The van der Waals surface area contributed by atoms with E-state index in [1.54, 1.807) is 0 Å². The topological polar surface area (TPSA) is 68.0 Å². The molecule has 1 fully saturated rings. The lowest BCUT2D eigenvalue weighted by molar-refractivity contribution is 0.0923. The van der Waals surface area contributed by atoms with Gasteiger partial charge in [-0.2, -0.15) is 0 Å². The van der Waals surface area contributed by atoms with E-state index in [0.29, 0.717) is 30.1 Å². The Balaban J connectivity index is 1.95. The first-order valence-electron chi connectivity index (χ1n) is 6.57. The number of rotatable bonds is 4. The van der Waals surface area contributed by atoms with Crippen molar-refractivity contribution in [3.8, 4) is 0 Å². The van der Waals surface area contributed by atoms with E-state index >= 15 is 0 Å². The summed E-state index contributed by atoms with van der Waals surface area (Å²) in [5, 5.41) is 5.87. The van der Waals surface area contributed by atoms with Crippen molar-refractivity contribution in [1.82, 2.24) is 10.3 Å². The average molecular weight is 267 g/mol. The van der Waals surface area contributed by atoms with Gasteiger partial charge in [0, 0.05) is 17.8 Å². The molecule has 4 nitrogen and oxygen atoms in total. The molecule has 1 aliphatic rings. The molecule has 1 aromatic heterocycles. The summed E-state index contributed by atoms with van der Waals surface area (Å²) >= 11 is 1.51. The Morgan fingerprint density at radius 2 is 2.33 bits per heavy atom. The van der Waals surface area contributed by atoms with E-state index in [1.807, 2.05) is 5.38 Å². The zero-order chi connectivity index (χ0) is 13.1. The van der Waals surface area contributed by atoms with Gasteiger partial charge < -0.3 is 11.1 Å². The summed E-state index contributed by atoms with van der Waals surface area (Å²) < 4.78 is 0. The van der Waals surface area contributed by atoms with Gasteiger partial charge in [0.05, 0.1) is 5.01 Å². The van der Waals surface area contributed by atoms with Gasteiger partial charge in [0.1, 0.15) is 5.69 Å². The fourth-order valence-electron chi connectivity index (χ4n) is 2.46. The van der Waals surface area contributed by atoms with E-state index in [1.165, 1.54) is 17.8 Å². The van der Waals surface area contributed by atoms with Crippen LogP contribution in [0.15, 0.2) is 5.38 Å². The maximum atomic E-state index is 12.1. The van der Waals surface area contributed by atoms with Crippen molar-refractivity contribution in [2.75, 3.05) is 6.54 Å². The van der Waals surface area contributed by atoms with Crippen LogP contribution in [0.3, 0.4) is 0 Å². The minimum Gasteiger partial charge on any atom is -0.348 e. The van der Waals surface area contributed by atoms with E-state index in [4.69, 9.17) is 5.73 Å². The van der Waals surface area contributed by atoms with Gasteiger partial charge in [0.15, 0.2) is 0 Å². The number of aromatic nitrogens is 1. The second kappa shape index (κ2) is 5.80. The molecular formula is C13H21N3OS. The van der Waals surface area contributed by atoms with Crippen LogP contribution in [0, 0.1) is 11.8 Å². The Morgan fingerprint density at radius 1 is 1.56 bits per heavy atom. The third-order valence-electron chi connectivity index (χ3n) is 3.92. The van der Waals surface area contributed by atoms with Gasteiger partial charge in [-0.05, 0) is 31.2 Å². The van der Waals surface area contributed by atoms with Crippen molar-refractivity contribution < 1.29 is 4.79 Å². The molecule has 100 valence electrons. The summed E-state index contributed by atoms with van der Waals surface area (Å²) in [6.07, 6.45) is 3.02. The fraction of sp³-hybridized carbons (Fsp3) is 0.692. The van der Waals surface area contributed by atoms with Gasteiger partial charge in [-0.3, -0.25) is 4.79 Å². The smallest absolute Gasteiger partial charge is 0.270 e. The Labute approximate surface area is 112 Å². The zero-order valence-corrected chi connectivity index (χ0v) is 11.8. The molecular weight excluding hydrogens is 246 g/mol. The van der Waals surface area contributed by atoms with Crippen molar-refractivity contribution in [2.45, 2.75) is 39.2 Å². The molecule has 1 amide bonds. The van der Waals surface area contributed by atoms with Crippen LogP contribution in [-0.4, -0.2) is 23.5 Å². The first-order chi connectivity index (χ1) is 8.61. The quantitative estimate of drug-likeness (QED) is 0.874. The molecule has 0 spiro atoms. The lowest BCUT2D eigenvalue weighted by Crippen LogP contribution is -2.37. The van der Waals surface area contributed by atoms with Crippen LogP contribution in [-0.2, 0) is 6.42 Å². The molecule has 3 atom stereocenters. The number of carbonyl (C=O) groups excluding carboxylic acids is 1. The summed E-state index contributed by atoms with van der Waals surface area (Å²) in [5.41, 5.74) is 6.01. The second-order valence-electron chi connectivity index (χ2n) is 5.16. The van der Waals surface area contributed by atoms with Crippen molar-refractivity contribution >= 4 is 17.2 Å². The number of hydrogen-bond acceptors (Lipinski definition) is 4. The molecule has 0 bridgehead atoms. The summed E-state index contributed by atoms with van der Waals surface area (Å²) in [6.45, 7) is 5.04. The summed E-state index contributed by atoms with van der Waals surface area (Å²) in [4.78, 5) is 16.4. The SMILES string of the molecule is CC1CCC(NC(=O)c2csc(CCN)n2)C1C. The summed E-state index contributed by atoms with van der Waals surface area (Å²) in [7, 11) is 0. The van der Waals surface area contributed by atoms with Gasteiger partial charge in [0.2, 0.25) is 0 Å². The number of carbonyl (C=O) groups is 1. The van der Waals surface area contributed by atoms with Gasteiger partial charge in [-0.15, -0.1) is 11.3 Å². The highest BCUT2D eigenvalue weighted by atomic mass is 32.1. The van der Waals surface area contributed by atoms with Crippen LogP contribution in [0.5, 0.6) is 0 Å². The summed E-state index contributed by atoms with van der Waals surface area (Å²) in [5.74, 6) is 1.20. The van der Waals surface area contributed by atoms with Crippen LogP contribution in [0.4, 0.5) is 0 Å². The Morgan fingerprint density at radius 3 is 2.94 bits per heavy atom. The molecule has 1 aliphatic carbocycles. The monoisotopic (exact) mass is 267 g/mol. The van der Waals surface area contributed by atoms with Gasteiger partial charge in [-0.1, -0.05) is 13.8 Å². The minimum atomic E-state index is -0.0412. The van der Waals surface area contributed by atoms with E-state index in [-0.39, 0.29) is 5.91 Å².